The minimum Gasteiger partial charge on any atom is -0.233 e. The van der Waals surface area contributed by atoms with E-state index in [1.165, 1.54) is 0 Å². The molecule has 0 saturated heterocycles. The molecule has 2 nitrogen and oxygen atoms in total. The maximum absolute atomic E-state index is 4.39. The van der Waals surface area contributed by atoms with Crippen LogP contribution >= 0.6 is 0 Å². The first-order valence-corrected chi connectivity index (χ1v) is 4.63. The van der Waals surface area contributed by atoms with Gasteiger partial charge in [0.05, 0.1) is 0 Å². The molecule has 1 heterocycles. The van der Waals surface area contributed by atoms with Crippen LogP contribution in [-0.4, -0.2) is 9.97 Å². The fraction of sp³-hybridized carbons (Fsp3) is 0.231. The summed E-state index contributed by atoms with van der Waals surface area (Å²) in [6.07, 6.45) is 0. The Hall–Kier alpha value is -1.70. The first-order chi connectivity index (χ1) is 6.75. The van der Waals surface area contributed by atoms with Gasteiger partial charge in [0.1, 0.15) is 0 Å². The van der Waals surface area contributed by atoms with Gasteiger partial charge in [0, 0.05) is 17.0 Å². The van der Waals surface area contributed by atoms with Gasteiger partial charge < -0.3 is 0 Å². The van der Waals surface area contributed by atoms with Gasteiger partial charge >= 0.3 is 0 Å². The fourth-order valence-corrected chi connectivity index (χ4v) is 1.44. The highest BCUT2D eigenvalue weighted by atomic mass is 14.9. The normalized spacial score (nSPS) is 9.47. The molecule has 2 heteroatoms. The van der Waals surface area contributed by atoms with Gasteiger partial charge in [-0.25, -0.2) is 9.97 Å². The highest BCUT2D eigenvalue weighted by Crippen LogP contribution is 2.14. The molecule has 0 radical (unpaired) electrons. The Kier molecular flexibility index (Phi) is 3.56. The van der Waals surface area contributed by atoms with Gasteiger partial charge in [0.2, 0.25) is 0 Å². The van der Waals surface area contributed by atoms with Crippen molar-refractivity contribution in [2.75, 3.05) is 0 Å². The van der Waals surface area contributed by atoms with Gasteiger partial charge in [-0.2, -0.15) is 0 Å². The summed E-state index contributed by atoms with van der Waals surface area (Å²) in [6.45, 7) is 3.97. The predicted octanol–water partition coefficient (Wildman–Crippen LogP) is 3.40. The van der Waals surface area contributed by atoms with E-state index >= 15 is 0 Å². The monoisotopic (exact) mass is 200 g/mol. The fourth-order valence-electron chi connectivity index (χ4n) is 1.44. The minimum atomic E-state index is 0. The predicted molar refractivity (Wildman–Crippen MR) is 63.7 cm³/mol. The van der Waals surface area contributed by atoms with E-state index in [4.69, 9.17) is 0 Å². The zero-order chi connectivity index (χ0) is 9.97. The van der Waals surface area contributed by atoms with Gasteiger partial charge in [0.25, 0.3) is 0 Å². The third-order valence-corrected chi connectivity index (χ3v) is 2.01. The van der Waals surface area contributed by atoms with Crippen LogP contribution in [0.25, 0.3) is 11.4 Å². The van der Waals surface area contributed by atoms with Crippen molar-refractivity contribution in [1.82, 2.24) is 9.97 Å². The second kappa shape index (κ2) is 4.69. The van der Waals surface area contributed by atoms with Crippen LogP contribution in [0.5, 0.6) is 0 Å². The zero-order valence-corrected chi connectivity index (χ0v) is 8.36. The molecule has 0 fully saturated rings. The minimum absolute atomic E-state index is 0. The highest BCUT2D eigenvalue weighted by Gasteiger charge is 2.01. The van der Waals surface area contributed by atoms with Gasteiger partial charge in [-0.15, -0.1) is 0 Å². The molecule has 2 aromatic rings. The number of nitrogens with zero attached hydrogens (tertiary/aromatic N) is 2. The maximum Gasteiger partial charge on any atom is 0.159 e. The molecular weight excluding hydrogens is 184 g/mol. The average Bonchev–Trinajstić information content (AvgIpc) is 2.18. The van der Waals surface area contributed by atoms with Crippen LogP contribution in [0, 0.1) is 13.8 Å². The molecule has 2 rings (SSSR count). The van der Waals surface area contributed by atoms with Crippen LogP contribution in [0.1, 0.15) is 18.8 Å². The standard InChI is InChI=1S/C12H12N2.CH4/c1-9-8-10(2)14-12(13-9)11-6-4-3-5-7-11;/h3-8H,1-2H3;1H4. The van der Waals surface area contributed by atoms with Crippen molar-refractivity contribution in [3.05, 3.63) is 47.8 Å². The molecule has 0 aliphatic rings. The molecule has 1 aromatic heterocycles. The smallest absolute Gasteiger partial charge is 0.159 e. The summed E-state index contributed by atoms with van der Waals surface area (Å²) < 4.78 is 0. The Bertz CT molecular complexity index is 415. The first-order valence-electron chi connectivity index (χ1n) is 4.63. The molecule has 78 valence electrons. The van der Waals surface area contributed by atoms with Gasteiger partial charge in [0.15, 0.2) is 5.82 Å². The SMILES string of the molecule is C.Cc1cc(C)nc(-c2ccccc2)n1. The lowest BCUT2D eigenvalue weighted by Crippen LogP contribution is -1.93. The van der Waals surface area contributed by atoms with Gasteiger partial charge in [-0.1, -0.05) is 37.8 Å². The molecular formula is C13H16N2. The zero-order valence-electron chi connectivity index (χ0n) is 8.36. The van der Waals surface area contributed by atoms with Crippen molar-refractivity contribution < 1.29 is 0 Å². The summed E-state index contributed by atoms with van der Waals surface area (Å²) in [5.74, 6) is 0.808. The van der Waals surface area contributed by atoms with E-state index < -0.39 is 0 Å². The van der Waals surface area contributed by atoms with Crippen LogP contribution in [0.4, 0.5) is 0 Å². The molecule has 0 amide bonds. The topological polar surface area (TPSA) is 25.8 Å². The van der Waals surface area contributed by atoms with Crippen LogP contribution in [0.3, 0.4) is 0 Å². The van der Waals surface area contributed by atoms with Crippen molar-refractivity contribution >= 4 is 0 Å². The van der Waals surface area contributed by atoms with E-state index in [-0.39, 0.29) is 7.43 Å². The van der Waals surface area contributed by atoms with Gasteiger partial charge in [-0.3, -0.25) is 0 Å². The molecule has 0 spiro atoms. The second-order valence-corrected chi connectivity index (χ2v) is 3.34. The summed E-state index contributed by atoms with van der Waals surface area (Å²) in [5, 5.41) is 0. The molecule has 0 N–H and O–H groups in total. The number of aryl methyl sites for hydroxylation is 2. The second-order valence-electron chi connectivity index (χ2n) is 3.34. The number of aromatic nitrogens is 2. The molecule has 15 heavy (non-hydrogen) atoms. The van der Waals surface area contributed by atoms with Crippen molar-refractivity contribution in [2.24, 2.45) is 0 Å². The Morgan fingerprint density at radius 1 is 0.867 bits per heavy atom. The highest BCUT2D eigenvalue weighted by molar-refractivity contribution is 5.54. The Morgan fingerprint density at radius 3 is 1.93 bits per heavy atom. The number of hydrogen-bond donors (Lipinski definition) is 0. The van der Waals surface area contributed by atoms with Gasteiger partial charge in [-0.05, 0) is 19.9 Å². The third-order valence-electron chi connectivity index (χ3n) is 2.01. The quantitative estimate of drug-likeness (QED) is 0.705. The summed E-state index contributed by atoms with van der Waals surface area (Å²) in [5.41, 5.74) is 3.09. The van der Waals surface area contributed by atoms with Crippen LogP contribution in [0.2, 0.25) is 0 Å². The van der Waals surface area contributed by atoms with E-state index in [9.17, 15) is 0 Å². The van der Waals surface area contributed by atoms with E-state index in [0.29, 0.717) is 0 Å². The van der Waals surface area contributed by atoms with E-state index in [2.05, 4.69) is 9.97 Å². The molecule has 1 aromatic carbocycles. The molecule has 0 bridgehead atoms. The molecule has 0 unspecified atom stereocenters. The summed E-state index contributed by atoms with van der Waals surface area (Å²) >= 11 is 0. The van der Waals surface area contributed by atoms with Crippen LogP contribution in [0.15, 0.2) is 36.4 Å². The average molecular weight is 200 g/mol. The van der Waals surface area contributed by atoms with Crippen LogP contribution < -0.4 is 0 Å². The Morgan fingerprint density at radius 2 is 1.40 bits per heavy atom. The molecule has 0 saturated carbocycles. The number of benzene rings is 1. The Balaban J connectivity index is 0.00000112. The molecule has 0 atom stereocenters. The number of hydrogen-bond acceptors (Lipinski definition) is 2. The van der Waals surface area contributed by atoms with Crippen molar-refractivity contribution in [2.45, 2.75) is 21.3 Å². The van der Waals surface area contributed by atoms with E-state index in [0.717, 1.165) is 22.8 Å². The first kappa shape index (κ1) is 11.4. The Labute approximate surface area is 91.0 Å². The lowest BCUT2D eigenvalue weighted by Gasteiger charge is -2.02. The van der Waals surface area contributed by atoms with Crippen LogP contribution in [-0.2, 0) is 0 Å². The van der Waals surface area contributed by atoms with E-state index in [1.54, 1.807) is 0 Å². The molecule has 0 aliphatic carbocycles. The summed E-state index contributed by atoms with van der Waals surface area (Å²) in [7, 11) is 0. The maximum atomic E-state index is 4.39. The molecule has 0 aliphatic heterocycles. The van der Waals surface area contributed by atoms with Crippen molar-refractivity contribution in [3.8, 4) is 11.4 Å². The van der Waals surface area contributed by atoms with E-state index in [1.807, 2.05) is 50.2 Å². The number of rotatable bonds is 1. The lowest BCUT2D eigenvalue weighted by molar-refractivity contribution is 1.06. The largest absolute Gasteiger partial charge is 0.233 e. The summed E-state index contributed by atoms with van der Waals surface area (Å²) in [6, 6.07) is 12.0. The third kappa shape index (κ3) is 2.62. The summed E-state index contributed by atoms with van der Waals surface area (Å²) in [4.78, 5) is 8.79. The van der Waals surface area contributed by atoms with Crippen molar-refractivity contribution in [3.63, 3.8) is 0 Å². The van der Waals surface area contributed by atoms with Crippen molar-refractivity contribution in [1.29, 1.82) is 0 Å². The lowest BCUT2D eigenvalue weighted by atomic mass is 10.2.